The van der Waals surface area contributed by atoms with Crippen LogP contribution in [0, 0.1) is 0 Å². The van der Waals surface area contributed by atoms with E-state index in [1.54, 1.807) is 11.1 Å². The van der Waals surface area contributed by atoms with Crippen LogP contribution in [0.1, 0.15) is 30.4 Å². The molecular formula is C14H20N2. The van der Waals surface area contributed by atoms with E-state index in [0.29, 0.717) is 6.04 Å². The second-order valence-electron chi connectivity index (χ2n) is 5.02. The van der Waals surface area contributed by atoms with Crippen molar-refractivity contribution >= 4 is 5.69 Å². The number of benzene rings is 1. The minimum Gasteiger partial charge on any atom is -0.381 e. The minimum atomic E-state index is 0.619. The summed E-state index contributed by atoms with van der Waals surface area (Å²) >= 11 is 0. The van der Waals surface area contributed by atoms with Crippen molar-refractivity contribution < 1.29 is 0 Å². The van der Waals surface area contributed by atoms with E-state index in [2.05, 4.69) is 28.8 Å². The summed E-state index contributed by atoms with van der Waals surface area (Å²) in [4.78, 5) is 0. The molecule has 2 N–H and O–H groups in total. The average Bonchev–Trinajstić information content (AvgIpc) is 2.77. The molecule has 1 aliphatic heterocycles. The lowest BCUT2D eigenvalue weighted by Gasteiger charge is -2.25. The Kier molecular flexibility index (Phi) is 2.83. The van der Waals surface area contributed by atoms with Crippen molar-refractivity contribution in [1.29, 1.82) is 0 Å². The van der Waals surface area contributed by atoms with E-state index in [-0.39, 0.29) is 0 Å². The zero-order valence-electron chi connectivity index (χ0n) is 9.76. The Labute approximate surface area is 97.4 Å². The van der Waals surface area contributed by atoms with Gasteiger partial charge in [-0.3, -0.25) is 0 Å². The topological polar surface area (TPSA) is 24.1 Å². The molecule has 0 bridgehead atoms. The van der Waals surface area contributed by atoms with Gasteiger partial charge in [-0.25, -0.2) is 0 Å². The van der Waals surface area contributed by atoms with E-state index in [9.17, 15) is 0 Å². The molecule has 0 radical (unpaired) electrons. The molecule has 2 heteroatoms. The summed E-state index contributed by atoms with van der Waals surface area (Å²) in [7, 11) is 0. The minimum absolute atomic E-state index is 0.619. The van der Waals surface area contributed by atoms with Crippen LogP contribution < -0.4 is 10.6 Å². The highest BCUT2D eigenvalue weighted by atomic mass is 15.0. The molecule has 0 spiro atoms. The SMILES string of the molecule is c1cc2c(cc1NC1CCCNC1)CCC2. The Bertz CT molecular complexity index is 367. The van der Waals surface area contributed by atoms with Crippen molar-refractivity contribution in [2.45, 2.75) is 38.1 Å². The number of hydrogen-bond acceptors (Lipinski definition) is 2. The van der Waals surface area contributed by atoms with Crippen LogP contribution in [-0.4, -0.2) is 19.1 Å². The number of anilines is 1. The van der Waals surface area contributed by atoms with Gasteiger partial charge in [-0.15, -0.1) is 0 Å². The van der Waals surface area contributed by atoms with Crippen LogP contribution in [0.15, 0.2) is 18.2 Å². The molecule has 2 aliphatic rings. The van der Waals surface area contributed by atoms with Gasteiger partial charge in [-0.05, 0) is 61.9 Å². The molecule has 1 heterocycles. The molecule has 2 nitrogen and oxygen atoms in total. The quantitative estimate of drug-likeness (QED) is 0.793. The first kappa shape index (κ1) is 10.2. The maximum atomic E-state index is 3.65. The van der Waals surface area contributed by atoms with Crippen LogP contribution in [-0.2, 0) is 12.8 Å². The van der Waals surface area contributed by atoms with E-state index in [1.165, 1.54) is 44.3 Å². The predicted octanol–water partition coefficient (Wildman–Crippen LogP) is 2.34. The fraction of sp³-hybridized carbons (Fsp3) is 0.571. The Morgan fingerprint density at radius 2 is 2.06 bits per heavy atom. The molecule has 1 aromatic carbocycles. The summed E-state index contributed by atoms with van der Waals surface area (Å²) in [5.41, 5.74) is 4.44. The number of aryl methyl sites for hydroxylation is 2. The van der Waals surface area contributed by atoms with Crippen molar-refractivity contribution in [2.24, 2.45) is 0 Å². The van der Waals surface area contributed by atoms with Crippen LogP contribution in [0.2, 0.25) is 0 Å². The van der Waals surface area contributed by atoms with Crippen molar-refractivity contribution in [3.63, 3.8) is 0 Å². The zero-order valence-corrected chi connectivity index (χ0v) is 9.76. The third-order valence-corrected chi connectivity index (χ3v) is 3.77. The lowest BCUT2D eigenvalue weighted by atomic mass is 10.1. The van der Waals surface area contributed by atoms with Crippen molar-refractivity contribution in [3.8, 4) is 0 Å². The van der Waals surface area contributed by atoms with Gasteiger partial charge in [0.05, 0.1) is 0 Å². The van der Waals surface area contributed by atoms with E-state index in [4.69, 9.17) is 0 Å². The van der Waals surface area contributed by atoms with Gasteiger partial charge in [0, 0.05) is 18.3 Å². The van der Waals surface area contributed by atoms with Crippen molar-refractivity contribution in [2.75, 3.05) is 18.4 Å². The van der Waals surface area contributed by atoms with E-state index in [0.717, 1.165) is 6.54 Å². The van der Waals surface area contributed by atoms with Gasteiger partial charge in [0.15, 0.2) is 0 Å². The molecule has 0 amide bonds. The highest BCUT2D eigenvalue weighted by Crippen LogP contribution is 2.25. The second kappa shape index (κ2) is 4.46. The maximum Gasteiger partial charge on any atom is 0.0386 e. The number of fused-ring (bicyclic) bond motifs is 1. The summed E-state index contributed by atoms with van der Waals surface area (Å²) in [6.07, 6.45) is 6.48. The largest absolute Gasteiger partial charge is 0.381 e. The number of nitrogens with one attached hydrogen (secondary N) is 2. The lowest BCUT2D eigenvalue weighted by molar-refractivity contribution is 0.480. The lowest BCUT2D eigenvalue weighted by Crippen LogP contribution is -2.38. The number of hydrogen-bond donors (Lipinski definition) is 2. The zero-order chi connectivity index (χ0) is 10.8. The molecule has 1 aliphatic carbocycles. The van der Waals surface area contributed by atoms with Crippen molar-refractivity contribution in [3.05, 3.63) is 29.3 Å². The molecule has 86 valence electrons. The summed E-state index contributed by atoms with van der Waals surface area (Å²) in [6, 6.07) is 7.53. The highest BCUT2D eigenvalue weighted by Gasteiger charge is 2.14. The maximum absolute atomic E-state index is 3.65. The molecule has 1 atom stereocenters. The molecule has 1 aromatic rings. The smallest absolute Gasteiger partial charge is 0.0386 e. The summed E-state index contributed by atoms with van der Waals surface area (Å²) in [6.45, 7) is 2.29. The Morgan fingerprint density at radius 3 is 2.94 bits per heavy atom. The predicted molar refractivity (Wildman–Crippen MR) is 68.0 cm³/mol. The first-order chi connectivity index (χ1) is 7.92. The van der Waals surface area contributed by atoms with E-state index >= 15 is 0 Å². The van der Waals surface area contributed by atoms with Gasteiger partial charge in [0.2, 0.25) is 0 Å². The number of rotatable bonds is 2. The van der Waals surface area contributed by atoms with Crippen LogP contribution >= 0.6 is 0 Å². The summed E-state index contributed by atoms with van der Waals surface area (Å²) in [5, 5.41) is 7.09. The molecule has 1 unspecified atom stereocenters. The van der Waals surface area contributed by atoms with Crippen LogP contribution in [0.4, 0.5) is 5.69 Å². The molecule has 3 rings (SSSR count). The third-order valence-electron chi connectivity index (χ3n) is 3.77. The summed E-state index contributed by atoms with van der Waals surface area (Å²) in [5.74, 6) is 0. The van der Waals surface area contributed by atoms with Crippen LogP contribution in [0.5, 0.6) is 0 Å². The molecule has 1 fully saturated rings. The molecule has 1 saturated heterocycles. The van der Waals surface area contributed by atoms with Gasteiger partial charge in [-0.2, -0.15) is 0 Å². The Morgan fingerprint density at radius 1 is 1.12 bits per heavy atom. The third kappa shape index (κ3) is 2.07. The van der Waals surface area contributed by atoms with Crippen LogP contribution in [0.3, 0.4) is 0 Å². The standard InChI is InChI=1S/C14H20N2/c1-3-11-6-7-13(9-12(11)4-1)16-14-5-2-8-15-10-14/h6-7,9,14-16H,1-5,8,10H2. The first-order valence-corrected chi connectivity index (χ1v) is 6.51. The fourth-order valence-electron chi connectivity index (χ4n) is 2.87. The average molecular weight is 216 g/mol. The van der Waals surface area contributed by atoms with E-state index < -0.39 is 0 Å². The number of piperidine rings is 1. The normalized spacial score (nSPS) is 24.1. The summed E-state index contributed by atoms with van der Waals surface area (Å²) < 4.78 is 0. The van der Waals surface area contributed by atoms with Crippen LogP contribution in [0.25, 0.3) is 0 Å². The van der Waals surface area contributed by atoms with Gasteiger partial charge >= 0.3 is 0 Å². The van der Waals surface area contributed by atoms with Gasteiger partial charge in [0.25, 0.3) is 0 Å². The highest BCUT2D eigenvalue weighted by molar-refractivity contribution is 5.50. The van der Waals surface area contributed by atoms with Gasteiger partial charge in [0.1, 0.15) is 0 Å². The van der Waals surface area contributed by atoms with E-state index in [1.807, 2.05) is 0 Å². The Hall–Kier alpha value is -1.02. The molecule has 0 aromatic heterocycles. The molecule has 16 heavy (non-hydrogen) atoms. The molecule has 0 saturated carbocycles. The fourth-order valence-corrected chi connectivity index (χ4v) is 2.87. The van der Waals surface area contributed by atoms with Gasteiger partial charge in [-0.1, -0.05) is 6.07 Å². The Balaban J connectivity index is 1.69. The first-order valence-electron chi connectivity index (χ1n) is 6.51. The van der Waals surface area contributed by atoms with Crippen molar-refractivity contribution in [1.82, 2.24) is 5.32 Å². The molecular weight excluding hydrogens is 196 g/mol. The second-order valence-corrected chi connectivity index (χ2v) is 5.02. The van der Waals surface area contributed by atoms with Gasteiger partial charge < -0.3 is 10.6 Å². The monoisotopic (exact) mass is 216 g/mol.